The largest absolute Gasteiger partial charge is 0.399 e. The summed E-state index contributed by atoms with van der Waals surface area (Å²) in [5.41, 5.74) is 18.2. The molecule has 6 N–H and O–H groups in total. The molecule has 0 unspecified atom stereocenters. The molecule has 1 rings (SSSR count). The van der Waals surface area contributed by atoms with E-state index in [-0.39, 0.29) is 5.96 Å². The lowest BCUT2D eigenvalue weighted by Gasteiger charge is -1.99. The maximum atomic E-state index is 5.61. The second kappa shape index (κ2) is 4.27. The van der Waals surface area contributed by atoms with Crippen molar-refractivity contribution in [2.75, 3.05) is 5.73 Å². The molecule has 0 aliphatic heterocycles. The van der Waals surface area contributed by atoms with E-state index < -0.39 is 0 Å². The van der Waals surface area contributed by atoms with Gasteiger partial charge >= 0.3 is 0 Å². The molecule has 0 bridgehead atoms. The van der Waals surface area contributed by atoms with Crippen LogP contribution in [-0.4, -0.2) is 11.7 Å². The van der Waals surface area contributed by atoms with Gasteiger partial charge < -0.3 is 17.2 Å². The minimum atomic E-state index is -0.0618. The van der Waals surface area contributed by atoms with Gasteiger partial charge in [-0.25, -0.2) is 0 Å². The lowest BCUT2D eigenvalue weighted by molar-refractivity contribution is 1.20. The van der Waals surface area contributed by atoms with Gasteiger partial charge in [0.25, 0.3) is 0 Å². The van der Waals surface area contributed by atoms with Crippen molar-refractivity contribution in [1.29, 1.82) is 0 Å². The SMILES string of the molecule is C/C(=N/N=C(N)N)c1cccc(N)c1. The minimum Gasteiger partial charge on any atom is -0.399 e. The van der Waals surface area contributed by atoms with E-state index >= 15 is 0 Å². The van der Waals surface area contributed by atoms with E-state index in [1.807, 2.05) is 12.1 Å². The molecule has 0 aliphatic rings. The molecule has 0 radical (unpaired) electrons. The molecule has 1 aromatic carbocycles. The Morgan fingerprint density at radius 1 is 1.21 bits per heavy atom. The van der Waals surface area contributed by atoms with Crippen molar-refractivity contribution in [3.63, 3.8) is 0 Å². The number of nitrogens with two attached hydrogens (primary N) is 3. The second-order valence-electron chi connectivity index (χ2n) is 2.84. The van der Waals surface area contributed by atoms with E-state index in [0.717, 1.165) is 5.56 Å². The Balaban J connectivity index is 2.95. The first-order valence-electron chi connectivity index (χ1n) is 4.08. The third kappa shape index (κ3) is 2.78. The molecular formula is C9H13N5. The Bertz CT molecular complexity index is 377. The van der Waals surface area contributed by atoms with Crippen molar-refractivity contribution >= 4 is 17.4 Å². The van der Waals surface area contributed by atoms with Crippen molar-refractivity contribution in [1.82, 2.24) is 0 Å². The van der Waals surface area contributed by atoms with Crippen LogP contribution in [0.5, 0.6) is 0 Å². The highest BCUT2D eigenvalue weighted by molar-refractivity contribution is 5.99. The summed E-state index contributed by atoms with van der Waals surface area (Å²) >= 11 is 0. The fraction of sp³-hybridized carbons (Fsp3) is 0.111. The third-order valence-electron chi connectivity index (χ3n) is 1.62. The molecule has 5 nitrogen and oxygen atoms in total. The summed E-state index contributed by atoms with van der Waals surface area (Å²) in [6.45, 7) is 1.81. The van der Waals surface area contributed by atoms with Gasteiger partial charge in [-0.05, 0) is 24.6 Å². The van der Waals surface area contributed by atoms with Crippen molar-refractivity contribution in [3.8, 4) is 0 Å². The van der Waals surface area contributed by atoms with Gasteiger partial charge in [0, 0.05) is 5.69 Å². The molecule has 5 heteroatoms. The monoisotopic (exact) mass is 191 g/mol. The van der Waals surface area contributed by atoms with Gasteiger partial charge in [-0.15, -0.1) is 5.10 Å². The molecule has 0 heterocycles. The first kappa shape index (κ1) is 10.0. The molecule has 1 aromatic rings. The average molecular weight is 191 g/mol. The van der Waals surface area contributed by atoms with Crippen molar-refractivity contribution in [2.24, 2.45) is 21.7 Å². The quantitative estimate of drug-likeness (QED) is 0.270. The zero-order valence-corrected chi connectivity index (χ0v) is 7.94. The summed E-state index contributed by atoms with van der Waals surface area (Å²) in [5.74, 6) is -0.0618. The van der Waals surface area contributed by atoms with Crippen LogP contribution in [0.4, 0.5) is 5.69 Å². The van der Waals surface area contributed by atoms with Crippen molar-refractivity contribution < 1.29 is 0 Å². The standard InChI is InChI=1S/C9H13N5/c1-6(13-14-9(11)12)7-3-2-4-8(10)5-7/h2-5H,10H2,1H3,(H4,11,12,14)/b13-6-. The zero-order valence-electron chi connectivity index (χ0n) is 7.94. The molecule has 0 saturated carbocycles. The topological polar surface area (TPSA) is 103 Å². The Hall–Kier alpha value is -2.04. The number of benzene rings is 1. The van der Waals surface area contributed by atoms with Gasteiger partial charge in [0.15, 0.2) is 0 Å². The Morgan fingerprint density at radius 2 is 1.93 bits per heavy atom. The first-order chi connectivity index (χ1) is 6.59. The number of guanidine groups is 1. The Morgan fingerprint density at radius 3 is 2.50 bits per heavy atom. The van der Waals surface area contributed by atoms with Gasteiger partial charge in [0.05, 0.1) is 5.71 Å². The van der Waals surface area contributed by atoms with Crippen LogP contribution in [0, 0.1) is 0 Å². The fourth-order valence-electron chi connectivity index (χ4n) is 0.954. The van der Waals surface area contributed by atoms with Crippen LogP contribution < -0.4 is 17.2 Å². The molecule has 0 aromatic heterocycles. The number of rotatable bonds is 2. The lowest BCUT2D eigenvalue weighted by Crippen LogP contribution is -2.22. The van der Waals surface area contributed by atoms with Gasteiger partial charge in [0.2, 0.25) is 5.96 Å². The number of nitrogen functional groups attached to an aromatic ring is 1. The minimum absolute atomic E-state index is 0.0618. The fourth-order valence-corrected chi connectivity index (χ4v) is 0.954. The summed E-state index contributed by atoms with van der Waals surface area (Å²) < 4.78 is 0. The Labute approximate surface area is 82.3 Å². The van der Waals surface area contributed by atoms with E-state index in [9.17, 15) is 0 Å². The van der Waals surface area contributed by atoms with Crippen LogP contribution in [0.1, 0.15) is 12.5 Å². The molecular weight excluding hydrogens is 178 g/mol. The van der Waals surface area contributed by atoms with Gasteiger partial charge in [-0.3, -0.25) is 0 Å². The van der Waals surface area contributed by atoms with Crippen LogP contribution in [-0.2, 0) is 0 Å². The molecule has 0 saturated heterocycles. The van der Waals surface area contributed by atoms with Gasteiger partial charge in [-0.1, -0.05) is 12.1 Å². The summed E-state index contributed by atoms with van der Waals surface area (Å²) in [7, 11) is 0. The highest BCUT2D eigenvalue weighted by atomic mass is 15.3. The van der Waals surface area contributed by atoms with Crippen LogP contribution in [0.3, 0.4) is 0 Å². The van der Waals surface area contributed by atoms with E-state index in [2.05, 4.69) is 10.2 Å². The van der Waals surface area contributed by atoms with Crippen LogP contribution in [0.2, 0.25) is 0 Å². The van der Waals surface area contributed by atoms with Crippen LogP contribution in [0.25, 0.3) is 0 Å². The molecule has 0 fully saturated rings. The van der Waals surface area contributed by atoms with E-state index in [0.29, 0.717) is 11.4 Å². The summed E-state index contributed by atoms with van der Waals surface area (Å²) in [5, 5.41) is 7.38. The molecule has 0 spiro atoms. The third-order valence-corrected chi connectivity index (χ3v) is 1.62. The predicted octanol–water partition coefficient (Wildman–Crippen LogP) is 0.266. The zero-order chi connectivity index (χ0) is 10.6. The van der Waals surface area contributed by atoms with Gasteiger partial charge in [-0.2, -0.15) is 5.10 Å². The number of anilines is 1. The lowest BCUT2D eigenvalue weighted by atomic mass is 10.1. The maximum absolute atomic E-state index is 5.61. The first-order valence-corrected chi connectivity index (χ1v) is 4.08. The highest BCUT2D eigenvalue weighted by Gasteiger charge is 1.96. The molecule has 14 heavy (non-hydrogen) atoms. The van der Waals surface area contributed by atoms with Gasteiger partial charge in [0.1, 0.15) is 0 Å². The van der Waals surface area contributed by atoms with E-state index in [1.54, 1.807) is 19.1 Å². The summed E-state index contributed by atoms with van der Waals surface area (Å²) in [6.07, 6.45) is 0. The summed E-state index contributed by atoms with van der Waals surface area (Å²) in [6, 6.07) is 7.34. The molecule has 0 atom stereocenters. The van der Waals surface area contributed by atoms with Crippen LogP contribution >= 0.6 is 0 Å². The maximum Gasteiger partial charge on any atom is 0.211 e. The van der Waals surface area contributed by atoms with E-state index in [1.165, 1.54) is 0 Å². The number of hydrogen-bond donors (Lipinski definition) is 3. The predicted molar refractivity (Wildman–Crippen MR) is 58.9 cm³/mol. The summed E-state index contributed by atoms with van der Waals surface area (Å²) in [4.78, 5) is 0. The number of hydrogen-bond acceptors (Lipinski definition) is 3. The Kier molecular flexibility index (Phi) is 3.06. The second-order valence-corrected chi connectivity index (χ2v) is 2.84. The highest BCUT2D eigenvalue weighted by Crippen LogP contribution is 2.07. The van der Waals surface area contributed by atoms with E-state index in [4.69, 9.17) is 17.2 Å². The normalized spacial score (nSPS) is 11.1. The molecule has 74 valence electrons. The van der Waals surface area contributed by atoms with Crippen molar-refractivity contribution in [2.45, 2.75) is 6.92 Å². The van der Waals surface area contributed by atoms with Crippen molar-refractivity contribution in [3.05, 3.63) is 29.8 Å². The smallest absolute Gasteiger partial charge is 0.211 e. The van der Waals surface area contributed by atoms with Crippen LogP contribution in [0.15, 0.2) is 34.5 Å². The number of nitrogens with zero attached hydrogens (tertiary/aromatic N) is 2. The molecule has 0 amide bonds. The molecule has 0 aliphatic carbocycles. The average Bonchev–Trinajstić information content (AvgIpc) is 2.14.